The molecule has 1 aliphatic heterocycles. The summed E-state index contributed by atoms with van der Waals surface area (Å²) < 4.78 is 5.12. The molecule has 0 aromatic carbocycles. The second kappa shape index (κ2) is 4.39. The van der Waals surface area contributed by atoms with Crippen LogP contribution < -0.4 is 0 Å². The van der Waals surface area contributed by atoms with E-state index >= 15 is 0 Å². The van der Waals surface area contributed by atoms with Crippen molar-refractivity contribution in [2.45, 2.75) is 56.3 Å². The van der Waals surface area contributed by atoms with Crippen LogP contribution >= 0.6 is 0 Å². The molecule has 0 aliphatic carbocycles. The Bertz CT molecular complexity index is 308. The third-order valence-electron chi connectivity index (χ3n) is 4.43. The van der Waals surface area contributed by atoms with Gasteiger partial charge in [0, 0.05) is 0 Å². The predicted octanol–water partition coefficient (Wildman–Crippen LogP) is 1.03. The monoisotopic (exact) mass is 260 g/mol. The summed E-state index contributed by atoms with van der Waals surface area (Å²) in [4.78, 5) is 0. The van der Waals surface area contributed by atoms with Gasteiger partial charge in [-0.2, -0.15) is 0 Å². The Labute approximate surface area is 104 Å². The van der Waals surface area contributed by atoms with Crippen molar-refractivity contribution >= 4 is 8.07 Å². The van der Waals surface area contributed by atoms with E-state index in [2.05, 4.69) is 20.8 Å². The minimum Gasteiger partial charge on any atom is -0.493 e. The smallest absolute Gasteiger partial charge is 0.149 e. The minimum absolute atomic E-state index is 0.0790. The number of rotatable bonds is 2. The van der Waals surface area contributed by atoms with Crippen LogP contribution in [0.2, 0.25) is 18.1 Å². The summed E-state index contributed by atoms with van der Waals surface area (Å²) in [5.41, 5.74) is 0. The maximum atomic E-state index is 10.8. The highest BCUT2D eigenvalue weighted by molar-refractivity contribution is 6.83. The predicted molar refractivity (Wildman–Crippen MR) is 69.3 cm³/mol. The maximum absolute atomic E-state index is 10.8. The van der Waals surface area contributed by atoms with Gasteiger partial charge in [0.15, 0.2) is 0 Å². The summed E-state index contributed by atoms with van der Waals surface area (Å²) in [5, 5.41) is 28.9. The Morgan fingerprint density at radius 3 is 2.29 bits per heavy atom. The first-order valence-corrected chi connectivity index (χ1v) is 8.92. The summed E-state index contributed by atoms with van der Waals surface area (Å²) in [5.74, 6) is 0. The average molecular weight is 260 g/mol. The van der Waals surface area contributed by atoms with E-state index in [-0.39, 0.29) is 11.6 Å². The molecule has 0 amide bonds. The molecule has 0 unspecified atom stereocenters. The van der Waals surface area contributed by atoms with Gasteiger partial charge in [-0.3, -0.25) is 0 Å². The van der Waals surface area contributed by atoms with E-state index in [1.54, 1.807) is 6.08 Å². The Morgan fingerprint density at radius 1 is 1.35 bits per heavy atom. The summed E-state index contributed by atoms with van der Waals surface area (Å²) in [6.45, 7) is 9.99. The first-order chi connectivity index (χ1) is 7.58. The van der Waals surface area contributed by atoms with Gasteiger partial charge in [0.25, 0.3) is 0 Å². The molecule has 0 saturated heterocycles. The van der Waals surface area contributed by atoms with Crippen LogP contribution in [0, 0.1) is 0 Å². The zero-order chi connectivity index (χ0) is 13.5. The number of ether oxygens (including phenoxy) is 1. The van der Waals surface area contributed by atoms with Crippen molar-refractivity contribution in [1.29, 1.82) is 0 Å². The lowest BCUT2D eigenvalue weighted by molar-refractivity contribution is -0.102. The SMILES string of the molecule is CC(C)(C)[Si](C)(C)[C@@]1(O)C=CO[C@H](CO)[C@H]1O. The van der Waals surface area contributed by atoms with Crippen molar-refractivity contribution in [2.75, 3.05) is 6.61 Å². The molecule has 0 radical (unpaired) electrons. The van der Waals surface area contributed by atoms with Gasteiger partial charge in [-0.25, -0.2) is 0 Å². The summed E-state index contributed by atoms with van der Waals surface area (Å²) in [6, 6.07) is 0. The van der Waals surface area contributed by atoms with Crippen molar-refractivity contribution in [3.8, 4) is 0 Å². The highest BCUT2D eigenvalue weighted by Gasteiger charge is 2.58. The first-order valence-electron chi connectivity index (χ1n) is 5.92. The lowest BCUT2D eigenvalue weighted by Gasteiger charge is -2.52. The number of hydrogen-bond donors (Lipinski definition) is 3. The van der Waals surface area contributed by atoms with Crippen LogP contribution in [0.3, 0.4) is 0 Å². The molecule has 5 heteroatoms. The zero-order valence-electron chi connectivity index (χ0n) is 11.3. The van der Waals surface area contributed by atoms with E-state index in [0.717, 1.165) is 0 Å². The average Bonchev–Trinajstić information content (AvgIpc) is 2.20. The molecule has 1 heterocycles. The molecule has 0 saturated carbocycles. The molecule has 100 valence electrons. The van der Waals surface area contributed by atoms with E-state index in [1.165, 1.54) is 6.26 Å². The van der Waals surface area contributed by atoms with E-state index in [9.17, 15) is 10.2 Å². The Kier molecular flexibility index (Phi) is 3.79. The molecule has 4 nitrogen and oxygen atoms in total. The number of aliphatic hydroxyl groups excluding tert-OH is 2. The molecule has 3 N–H and O–H groups in total. The van der Waals surface area contributed by atoms with Crippen molar-refractivity contribution < 1.29 is 20.1 Å². The van der Waals surface area contributed by atoms with Crippen molar-refractivity contribution in [3.63, 3.8) is 0 Å². The third kappa shape index (κ3) is 2.17. The molecule has 0 spiro atoms. The van der Waals surface area contributed by atoms with Crippen molar-refractivity contribution in [2.24, 2.45) is 0 Å². The van der Waals surface area contributed by atoms with Gasteiger partial charge >= 0.3 is 0 Å². The Balaban J connectivity index is 3.18. The third-order valence-corrected chi connectivity index (χ3v) is 10.6. The molecule has 1 aliphatic rings. The fourth-order valence-electron chi connectivity index (χ4n) is 2.02. The summed E-state index contributed by atoms with van der Waals surface area (Å²) in [7, 11) is -2.22. The molecule has 3 atom stereocenters. The second-order valence-electron chi connectivity index (χ2n) is 6.31. The van der Waals surface area contributed by atoms with E-state index in [1.807, 2.05) is 13.1 Å². The van der Waals surface area contributed by atoms with Crippen LogP contribution in [-0.2, 0) is 4.74 Å². The highest BCUT2D eigenvalue weighted by atomic mass is 28.3. The van der Waals surface area contributed by atoms with Gasteiger partial charge in [-0.05, 0) is 11.1 Å². The molecule has 0 fully saturated rings. The lowest BCUT2D eigenvalue weighted by Crippen LogP contribution is -2.68. The largest absolute Gasteiger partial charge is 0.493 e. The van der Waals surface area contributed by atoms with Crippen LogP contribution in [0.15, 0.2) is 12.3 Å². The molecule has 0 bridgehead atoms. The molecule has 17 heavy (non-hydrogen) atoms. The van der Waals surface area contributed by atoms with Gasteiger partial charge in [0.05, 0.1) is 20.9 Å². The van der Waals surface area contributed by atoms with Crippen LogP contribution in [0.25, 0.3) is 0 Å². The van der Waals surface area contributed by atoms with Gasteiger partial charge in [-0.15, -0.1) is 0 Å². The Hall–Kier alpha value is -0.363. The van der Waals surface area contributed by atoms with Crippen molar-refractivity contribution in [1.82, 2.24) is 0 Å². The fraction of sp³-hybridized carbons (Fsp3) is 0.833. The van der Waals surface area contributed by atoms with Gasteiger partial charge < -0.3 is 20.1 Å². The highest BCUT2D eigenvalue weighted by Crippen LogP contribution is 2.46. The maximum Gasteiger partial charge on any atom is 0.149 e. The van der Waals surface area contributed by atoms with Crippen LogP contribution in [0.5, 0.6) is 0 Å². The summed E-state index contributed by atoms with van der Waals surface area (Å²) >= 11 is 0. The van der Waals surface area contributed by atoms with Crippen LogP contribution in [-0.4, -0.2) is 47.4 Å². The fourth-order valence-corrected chi connectivity index (χ4v) is 4.63. The summed E-state index contributed by atoms with van der Waals surface area (Å²) in [6.07, 6.45) is 1.10. The number of hydrogen-bond acceptors (Lipinski definition) is 4. The molecular weight excluding hydrogens is 236 g/mol. The molecule has 0 aromatic rings. The van der Waals surface area contributed by atoms with Gasteiger partial charge in [-0.1, -0.05) is 33.9 Å². The van der Waals surface area contributed by atoms with Crippen molar-refractivity contribution in [3.05, 3.63) is 12.3 Å². The standard InChI is InChI=1S/C12H24O4Si/c1-11(2,3)17(4,5)12(15)6-7-16-9(8-13)10(12)14/h6-7,9-10,13-15H,8H2,1-5H3/t9-,10-,12+/m1/s1. The van der Waals surface area contributed by atoms with E-state index in [0.29, 0.717) is 0 Å². The molecular formula is C12H24O4Si. The number of aliphatic hydroxyl groups is 3. The minimum atomic E-state index is -2.22. The second-order valence-corrected chi connectivity index (χ2v) is 11.9. The quantitative estimate of drug-likeness (QED) is 0.649. The molecule has 0 aromatic heterocycles. The molecule has 1 rings (SSSR count). The van der Waals surface area contributed by atoms with Gasteiger partial charge in [0.2, 0.25) is 0 Å². The van der Waals surface area contributed by atoms with E-state index in [4.69, 9.17) is 9.84 Å². The Morgan fingerprint density at radius 2 is 1.88 bits per heavy atom. The topological polar surface area (TPSA) is 69.9 Å². The normalized spacial score (nSPS) is 34.6. The lowest BCUT2D eigenvalue weighted by atomic mass is 10.1. The van der Waals surface area contributed by atoms with Crippen LogP contribution in [0.4, 0.5) is 0 Å². The van der Waals surface area contributed by atoms with Gasteiger partial charge in [0.1, 0.15) is 17.4 Å². The zero-order valence-corrected chi connectivity index (χ0v) is 12.3. The van der Waals surface area contributed by atoms with E-state index < -0.39 is 25.5 Å². The van der Waals surface area contributed by atoms with Crippen LogP contribution in [0.1, 0.15) is 20.8 Å². The first kappa shape index (κ1) is 14.7.